The Balaban J connectivity index is 2.01. The van der Waals surface area contributed by atoms with Gasteiger partial charge in [0.05, 0.1) is 7.11 Å². The summed E-state index contributed by atoms with van der Waals surface area (Å²) in [5.74, 6) is 2.01. The highest BCUT2D eigenvalue weighted by molar-refractivity contribution is 5.83. The number of hydrogen-bond acceptors (Lipinski definition) is 7. The SMILES string of the molecule is COC(=O)Nc1ccc(Nc2cc(C)on2)nn1. The first-order valence-electron chi connectivity index (χ1n) is 5.06. The number of ether oxygens (including phenoxy) is 1. The zero-order chi connectivity index (χ0) is 13.0. The van der Waals surface area contributed by atoms with E-state index < -0.39 is 6.09 Å². The number of carbonyl (C=O) groups is 1. The highest BCUT2D eigenvalue weighted by Crippen LogP contribution is 2.14. The van der Waals surface area contributed by atoms with Crippen molar-refractivity contribution in [2.45, 2.75) is 6.92 Å². The second-order valence-corrected chi connectivity index (χ2v) is 3.37. The number of nitrogens with zero attached hydrogens (tertiary/aromatic N) is 3. The second kappa shape index (κ2) is 5.13. The van der Waals surface area contributed by atoms with Crippen molar-refractivity contribution in [3.05, 3.63) is 24.0 Å². The number of hydrogen-bond donors (Lipinski definition) is 2. The Kier molecular flexibility index (Phi) is 3.37. The Hall–Kier alpha value is -2.64. The topological polar surface area (TPSA) is 102 Å². The van der Waals surface area contributed by atoms with E-state index >= 15 is 0 Å². The molecule has 2 aromatic heterocycles. The summed E-state index contributed by atoms with van der Waals surface area (Å²) in [5.41, 5.74) is 0. The third-order valence-corrected chi connectivity index (χ3v) is 1.96. The smallest absolute Gasteiger partial charge is 0.412 e. The van der Waals surface area contributed by atoms with E-state index in [1.165, 1.54) is 7.11 Å². The van der Waals surface area contributed by atoms with Crippen molar-refractivity contribution in [2.75, 3.05) is 17.7 Å². The Bertz CT molecular complexity index is 537. The Morgan fingerprint density at radius 1 is 1.28 bits per heavy atom. The second-order valence-electron chi connectivity index (χ2n) is 3.37. The van der Waals surface area contributed by atoms with Crippen molar-refractivity contribution in [3.8, 4) is 0 Å². The molecule has 0 atom stereocenters. The van der Waals surface area contributed by atoms with Crippen LogP contribution in [0.1, 0.15) is 5.76 Å². The lowest BCUT2D eigenvalue weighted by atomic mass is 10.4. The van der Waals surface area contributed by atoms with Gasteiger partial charge in [-0.3, -0.25) is 5.32 Å². The van der Waals surface area contributed by atoms with Crippen LogP contribution in [0.3, 0.4) is 0 Å². The molecular formula is C10H11N5O3. The number of anilines is 3. The molecule has 0 spiro atoms. The minimum absolute atomic E-state index is 0.295. The number of rotatable bonds is 3. The van der Waals surface area contributed by atoms with Gasteiger partial charge in [0.15, 0.2) is 17.5 Å². The van der Waals surface area contributed by atoms with Gasteiger partial charge in [-0.25, -0.2) is 4.79 Å². The quantitative estimate of drug-likeness (QED) is 0.853. The van der Waals surface area contributed by atoms with Crippen LogP contribution in [0.5, 0.6) is 0 Å². The zero-order valence-corrected chi connectivity index (χ0v) is 9.80. The van der Waals surface area contributed by atoms with E-state index in [0.717, 1.165) is 0 Å². The van der Waals surface area contributed by atoms with Gasteiger partial charge in [0, 0.05) is 6.07 Å². The molecule has 2 heterocycles. The first-order valence-corrected chi connectivity index (χ1v) is 5.06. The van der Waals surface area contributed by atoms with Crippen LogP contribution in [-0.2, 0) is 4.74 Å². The maximum Gasteiger partial charge on any atom is 0.412 e. The maximum atomic E-state index is 10.9. The predicted molar refractivity (Wildman–Crippen MR) is 62.6 cm³/mol. The molecule has 0 aliphatic heterocycles. The van der Waals surface area contributed by atoms with Crippen LogP contribution in [0.2, 0.25) is 0 Å². The monoisotopic (exact) mass is 249 g/mol. The van der Waals surface area contributed by atoms with Gasteiger partial charge in [-0.05, 0) is 19.1 Å². The molecule has 2 N–H and O–H groups in total. The van der Waals surface area contributed by atoms with Gasteiger partial charge in [-0.1, -0.05) is 5.16 Å². The number of methoxy groups -OCH3 is 1. The van der Waals surface area contributed by atoms with Crippen molar-refractivity contribution in [2.24, 2.45) is 0 Å². The van der Waals surface area contributed by atoms with Crippen LogP contribution in [-0.4, -0.2) is 28.6 Å². The molecule has 94 valence electrons. The lowest BCUT2D eigenvalue weighted by Gasteiger charge is -2.03. The fourth-order valence-corrected chi connectivity index (χ4v) is 1.18. The normalized spacial score (nSPS) is 9.89. The van der Waals surface area contributed by atoms with E-state index in [1.54, 1.807) is 25.1 Å². The van der Waals surface area contributed by atoms with Crippen LogP contribution in [0, 0.1) is 6.92 Å². The molecule has 0 unspecified atom stereocenters. The van der Waals surface area contributed by atoms with Crippen LogP contribution >= 0.6 is 0 Å². The van der Waals surface area contributed by atoms with Crippen molar-refractivity contribution in [1.29, 1.82) is 0 Å². The van der Waals surface area contributed by atoms with E-state index in [4.69, 9.17) is 4.52 Å². The minimum Gasteiger partial charge on any atom is -0.453 e. The summed E-state index contributed by atoms with van der Waals surface area (Å²) in [5, 5.41) is 16.7. The molecule has 0 aromatic carbocycles. The zero-order valence-electron chi connectivity index (χ0n) is 9.80. The minimum atomic E-state index is -0.600. The fraction of sp³-hybridized carbons (Fsp3) is 0.200. The van der Waals surface area contributed by atoms with Gasteiger partial charge in [0.25, 0.3) is 0 Å². The lowest BCUT2D eigenvalue weighted by molar-refractivity contribution is 0.187. The van der Waals surface area contributed by atoms with Gasteiger partial charge in [0.1, 0.15) is 5.76 Å². The summed E-state index contributed by atoms with van der Waals surface area (Å²) in [6.07, 6.45) is -0.600. The number of nitrogens with one attached hydrogen (secondary N) is 2. The first-order chi connectivity index (χ1) is 8.67. The van der Waals surface area contributed by atoms with Crippen molar-refractivity contribution >= 4 is 23.5 Å². The number of aryl methyl sites for hydroxylation is 1. The van der Waals surface area contributed by atoms with E-state index in [-0.39, 0.29) is 0 Å². The lowest BCUT2D eigenvalue weighted by Crippen LogP contribution is -2.12. The van der Waals surface area contributed by atoms with Crippen LogP contribution in [0.25, 0.3) is 0 Å². The average Bonchev–Trinajstić information content (AvgIpc) is 2.77. The Morgan fingerprint density at radius 2 is 2.00 bits per heavy atom. The molecular weight excluding hydrogens is 238 g/mol. The standard InChI is InChI=1S/C10H11N5O3/c1-6-5-9(15-18-6)11-7-3-4-8(14-13-7)12-10(16)17-2/h3-5H,1-2H3,(H,11,13,15)(H,12,14,16). The Morgan fingerprint density at radius 3 is 2.56 bits per heavy atom. The van der Waals surface area contributed by atoms with Crippen molar-refractivity contribution < 1.29 is 14.1 Å². The van der Waals surface area contributed by atoms with Gasteiger partial charge in [-0.2, -0.15) is 0 Å². The maximum absolute atomic E-state index is 10.9. The van der Waals surface area contributed by atoms with Gasteiger partial charge in [0.2, 0.25) is 0 Å². The molecule has 2 aromatic rings. The molecule has 18 heavy (non-hydrogen) atoms. The summed E-state index contributed by atoms with van der Waals surface area (Å²) in [6.45, 7) is 1.78. The van der Waals surface area contributed by atoms with Gasteiger partial charge >= 0.3 is 6.09 Å². The first kappa shape index (κ1) is 11.8. The van der Waals surface area contributed by atoms with Gasteiger partial charge < -0.3 is 14.6 Å². The highest BCUT2D eigenvalue weighted by atomic mass is 16.5. The molecule has 8 nitrogen and oxygen atoms in total. The largest absolute Gasteiger partial charge is 0.453 e. The van der Waals surface area contributed by atoms with Crippen LogP contribution in [0.15, 0.2) is 22.7 Å². The molecule has 2 rings (SSSR count). The molecule has 0 aliphatic carbocycles. The molecule has 0 radical (unpaired) electrons. The number of carbonyl (C=O) groups excluding carboxylic acids is 1. The molecule has 1 amide bonds. The summed E-state index contributed by atoms with van der Waals surface area (Å²) >= 11 is 0. The van der Waals surface area contributed by atoms with Crippen LogP contribution < -0.4 is 10.6 Å². The summed E-state index contributed by atoms with van der Waals surface area (Å²) in [6, 6.07) is 4.95. The summed E-state index contributed by atoms with van der Waals surface area (Å²) < 4.78 is 9.32. The van der Waals surface area contributed by atoms with Crippen molar-refractivity contribution in [1.82, 2.24) is 15.4 Å². The predicted octanol–water partition coefficient (Wildman–Crippen LogP) is 1.69. The highest BCUT2D eigenvalue weighted by Gasteiger charge is 2.04. The molecule has 0 aliphatic rings. The van der Waals surface area contributed by atoms with E-state index in [9.17, 15) is 4.79 Å². The molecule has 0 saturated heterocycles. The third-order valence-electron chi connectivity index (χ3n) is 1.96. The summed E-state index contributed by atoms with van der Waals surface area (Å²) in [4.78, 5) is 10.9. The Labute approximate surface area is 102 Å². The fourth-order valence-electron chi connectivity index (χ4n) is 1.18. The average molecular weight is 249 g/mol. The summed E-state index contributed by atoms with van der Waals surface area (Å²) in [7, 11) is 1.27. The number of aromatic nitrogens is 3. The van der Waals surface area contributed by atoms with E-state index in [0.29, 0.717) is 23.2 Å². The van der Waals surface area contributed by atoms with Crippen molar-refractivity contribution in [3.63, 3.8) is 0 Å². The van der Waals surface area contributed by atoms with Gasteiger partial charge in [-0.15, -0.1) is 10.2 Å². The third kappa shape index (κ3) is 2.94. The molecule has 0 bridgehead atoms. The molecule has 8 heteroatoms. The van der Waals surface area contributed by atoms with E-state index in [2.05, 4.69) is 30.7 Å². The molecule has 0 fully saturated rings. The van der Waals surface area contributed by atoms with Crippen LogP contribution in [0.4, 0.5) is 22.2 Å². The molecule has 0 saturated carbocycles. The number of amides is 1. The van der Waals surface area contributed by atoms with E-state index in [1.807, 2.05) is 0 Å².